The zero-order valence-corrected chi connectivity index (χ0v) is 8.62. The maximum absolute atomic E-state index is 11.4. The molecule has 0 aromatic heterocycles. The highest BCUT2D eigenvalue weighted by atomic mass is 16.6. The van der Waals surface area contributed by atoms with Crippen LogP contribution in [0, 0.1) is 0 Å². The Hall–Kier alpha value is -0.650. The monoisotopic (exact) mass is 203 g/mol. The highest BCUT2D eigenvalue weighted by molar-refractivity contribution is 5.76. The number of methoxy groups -OCH3 is 2. The number of esters is 1. The van der Waals surface area contributed by atoms with Gasteiger partial charge in [0.1, 0.15) is 12.6 Å². The van der Waals surface area contributed by atoms with Crippen LogP contribution < -0.4 is 5.32 Å². The number of carbonyl (C=O) groups is 1. The van der Waals surface area contributed by atoms with Crippen molar-refractivity contribution in [2.24, 2.45) is 0 Å². The van der Waals surface area contributed by atoms with E-state index in [2.05, 4.69) is 5.32 Å². The van der Waals surface area contributed by atoms with Crippen molar-refractivity contribution >= 4 is 5.97 Å². The number of ether oxygens (including phenoxy) is 3. The summed E-state index contributed by atoms with van der Waals surface area (Å²) in [7, 11) is 3.22. The van der Waals surface area contributed by atoms with Crippen molar-refractivity contribution in [1.29, 1.82) is 0 Å². The first-order valence-corrected chi connectivity index (χ1v) is 4.69. The summed E-state index contributed by atoms with van der Waals surface area (Å²) >= 11 is 0. The van der Waals surface area contributed by atoms with Crippen LogP contribution in [-0.2, 0) is 19.0 Å². The molecule has 1 aliphatic heterocycles. The van der Waals surface area contributed by atoms with Crippen LogP contribution in [-0.4, -0.2) is 52.1 Å². The maximum Gasteiger partial charge on any atom is 0.323 e. The topological polar surface area (TPSA) is 56.8 Å². The van der Waals surface area contributed by atoms with Gasteiger partial charge in [0.2, 0.25) is 0 Å². The van der Waals surface area contributed by atoms with Crippen LogP contribution in [0.4, 0.5) is 0 Å². The first-order chi connectivity index (χ1) is 6.77. The third-order valence-electron chi connectivity index (χ3n) is 2.24. The molecule has 1 saturated heterocycles. The molecule has 1 heterocycles. The lowest BCUT2D eigenvalue weighted by Gasteiger charge is -2.09. The summed E-state index contributed by atoms with van der Waals surface area (Å²) in [5, 5.41) is 3.04. The second-order valence-corrected chi connectivity index (χ2v) is 3.21. The molecule has 0 spiro atoms. The van der Waals surface area contributed by atoms with Gasteiger partial charge in [-0.3, -0.25) is 4.79 Å². The van der Waals surface area contributed by atoms with Crippen molar-refractivity contribution in [3.63, 3.8) is 0 Å². The summed E-state index contributed by atoms with van der Waals surface area (Å²) in [6.07, 6.45) is 0.803. The van der Waals surface area contributed by atoms with Gasteiger partial charge in [-0.25, -0.2) is 0 Å². The van der Waals surface area contributed by atoms with Crippen LogP contribution in [0.25, 0.3) is 0 Å². The lowest BCUT2D eigenvalue weighted by atomic mass is 10.2. The molecule has 2 unspecified atom stereocenters. The maximum atomic E-state index is 11.4. The van der Waals surface area contributed by atoms with Gasteiger partial charge in [0.15, 0.2) is 0 Å². The Morgan fingerprint density at radius 2 is 2.21 bits per heavy atom. The molecule has 1 rings (SSSR count). The highest BCUT2D eigenvalue weighted by Crippen LogP contribution is 2.10. The smallest absolute Gasteiger partial charge is 0.323 e. The Morgan fingerprint density at radius 1 is 1.43 bits per heavy atom. The Morgan fingerprint density at radius 3 is 2.79 bits per heavy atom. The first-order valence-electron chi connectivity index (χ1n) is 4.69. The summed E-state index contributed by atoms with van der Waals surface area (Å²) in [6, 6.07) is -0.225. The van der Waals surface area contributed by atoms with Crippen LogP contribution in [0.15, 0.2) is 0 Å². The molecule has 14 heavy (non-hydrogen) atoms. The average molecular weight is 203 g/mol. The van der Waals surface area contributed by atoms with E-state index in [1.165, 1.54) is 0 Å². The van der Waals surface area contributed by atoms with Gasteiger partial charge in [-0.1, -0.05) is 0 Å². The summed E-state index contributed by atoms with van der Waals surface area (Å²) in [5.74, 6) is -0.221. The average Bonchev–Trinajstić information content (AvgIpc) is 2.66. The molecule has 0 amide bonds. The van der Waals surface area contributed by atoms with Crippen LogP contribution in [0.3, 0.4) is 0 Å². The molecule has 5 heteroatoms. The van der Waals surface area contributed by atoms with Crippen LogP contribution in [0.1, 0.15) is 6.42 Å². The van der Waals surface area contributed by atoms with Crippen LogP contribution in [0.2, 0.25) is 0 Å². The van der Waals surface area contributed by atoms with Crippen molar-refractivity contribution < 1.29 is 19.0 Å². The second-order valence-electron chi connectivity index (χ2n) is 3.21. The number of hydrogen-bond donors (Lipinski definition) is 1. The third-order valence-corrected chi connectivity index (χ3v) is 2.24. The summed E-state index contributed by atoms with van der Waals surface area (Å²) in [5.41, 5.74) is 0. The quantitative estimate of drug-likeness (QED) is 0.484. The molecule has 0 bridgehead atoms. The number of rotatable bonds is 5. The summed E-state index contributed by atoms with van der Waals surface area (Å²) in [6.45, 7) is 1.46. The molecule has 0 radical (unpaired) electrons. The summed E-state index contributed by atoms with van der Waals surface area (Å²) in [4.78, 5) is 11.4. The molecule has 0 saturated carbocycles. The van der Waals surface area contributed by atoms with E-state index >= 15 is 0 Å². The molecular formula is C9H17NO4. The van der Waals surface area contributed by atoms with Gasteiger partial charge < -0.3 is 19.5 Å². The van der Waals surface area contributed by atoms with E-state index in [4.69, 9.17) is 14.2 Å². The normalized spacial score (nSPS) is 26.4. The lowest BCUT2D eigenvalue weighted by molar-refractivity contribution is -0.147. The molecule has 1 fully saturated rings. The predicted molar refractivity (Wildman–Crippen MR) is 50.0 cm³/mol. The minimum atomic E-state index is -0.225. The Bertz CT molecular complexity index is 186. The third kappa shape index (κ3) is 3.25. The second kappa shape index (κ2) is 5.95. The standard InChI is InChI=1S/C9H17NO4/c1-12-3-4-14-9(11)8-5-7(13-2)6-10-8/h7-8,10H,3-6H2,1-2H3. The van der Waals surface area contributed by atoms with Crippen LogP contribution in [0.5, 0.6) is 0 Å². The molecule has 0 aliphatic carbocycles. The molecular weight excluding hydrogens is 186 g/mol. The van der Waals surface area contributed by atoms with Gasteiger partial charge >= 0.3 is 5.97 Å². The van der Waals surface area contributed by atoms with E-state index in [0.29, 0.717) is 26.2 Å². The van der Waals surface area contributed by atoms with Crippen molar-refractivity contribution in [1.82, 2.24) is 5.32 Å². The molecule has 1 aliphatic rings. The zero-order chi connectivity index (χ0) is 10.4. The van der Waals surface area contributed by atoms with E-state index in [1.807, 2.05) is 0 Å². The van der Waals surface area contributed by atoms with Crippen molar-refractivity contribution in [3.8, 4) is 0 Å². The van der Waals surface area contributed by atoms with E-state index in [-0.39, 0.29) is 18.1 Å². The molecule has 5 nitrogen and oxygen atoms in total. The largest absolute Gasteiger partial charge is 0.462 e. The van der Waals surface area contributed by atoms with Gasteiger partial charge in [-0.2, -0.15) is 0 Å². The van der Waals surface area contributed by atoms with E-state index in [0.717, 1.165) is 0 Å². The minimum absolute atomic E-state index is 0.120. The van der Waals surface area contributed by atoms with Crippen molar-refractivity contribution in [2.45, 2.75) is 18.6 Å². The van der Waals surface area contributed by atoms with E-state index in [1.54, 1.807) is 14.2 Å². The van der Waals surface area contributed by atoms with Crippen LogP contribution >= 0.6 is 0 Å². The molecule has 2 atom stereocenters. The fourth-order valence-corrected chi connectivity index (χ4v) is 1.39. The Labute approximate surface area is 83.7 Å². The van der Waals surface area contributed by atoms with E-state index < -0.39 is 0 Å². The fraction of sp³-hybridized carbons (Fsp3) is 0.889. The number of nitrogens with one attached hydrogen (secondary N) is 1. The molecule has 82 valence electrons. The van der Waals surface area contributed by atoms with E-state index in [9.17, 15) is 4.79 Å². The van der Waals surface area contributed by atoms with Gasteiger partial charge in [0, 0.05) is 27.2 Å². The van der Waals surface area contributed by atoms with Gasteiger partial charge in [-0.15, -0.1) is 0 Å². The van der Waals surface area contributed by atoms with Gasteiger partial charge in [0.25, 0.3) is 0 Å². The number of hydrogen-bond acceptors (Lipinski definition) is 5. The Balaban J connectivity index is 2.18. The Kier molecular flexibility index (Phi) is 4.86. The first kappa shape index (κ1) is 11.4. The number of carbonyl (C=O) groups excluding carboxylic acids is 1. The lowest BCUT2D eigenvalue weighted by Crippen LogP contribution is -2.33. The van der Waals surface area contributed by atoms with Crippen molar-refractivity contribution in [3.05, 3.63) is 0 Å². The molecule has 0 aromatic rings. The fourth-order valence-electron chi connectivity index (χ4n) is 1.39. The molecule has 1 N–H and O–H groups in total. The predicted octanol–water partition coefficient (Wildman–Crippen LogP) is -0.447. The minimum Gasteiger partial charge on any atom is -0.462 e. The highest BCUT2D eigenvalue weighted by Gasteiger charge is 2.30. The van der Waals surface area contributed by atoms with Gasteiger partial charge in [-0.05, 0) is 0 Å². The van der Waals surface area contributed by atoms with Gasteiger partial charge in [0.05, 0.1) is 12.7 Å². The SMILES string of the molecule is COCCOC(=O)C1CC(OC)CN1. The molecule has 0 aromatic carbocycles. The summed E-state index contributed by atoms with van der Waals surface area (Å²) < 4.78 is 14.9. The zero-order valence-electron chi connectivity index (χ0n) is 8.62. The van der Waals surface area contributed by atoms with Crippen molar-refractivity contribution in [2.75, 3.05) is 34.0 Å².